The Morgan fingerprint density at radius 1 is 1.67 bits per heavy atom. The number of nitriles is 1. The molecule has 0 unspecified atom stereocenters. The Bertz CT molecular complexity index is 412. The average molecular weight is 225 g/mol. The third-order valence-corrected chi connectivity index (χ3v) is 1.87. The van der Waals surface area contributed by atoms with Gasteiger partial charge in [-0.25, -0.2) is 0 Å². The van der Waals surface area contributed by atoms with Crippen LogP contribution >= 0.6 is 11.6 Å². The van der Waals surface area contributed by atoms with E-state index < -0.39 is 0 Å². The normalized spacial score (nSPS) is 9.13. The molecule has 1 aromatic carbocycles. The molecule has 0 spiro atoms. The number of nitrogens with zero attached hydrogens (tertiary/aromatic N) is 1. The topological polar surface area (TPSA) is 62.1 Å². The zero-order valence-corrected chi connectivity index (χ0v) is 8.84. The highest BCUT2D eigenvalue weighted by molar-refractivity contribution is 6.33. The zero-order valence-electron chi connectivity index (χ0n) is 8.08. The van der Waals surface area contributed by atoms with E-state index in [1.807, 2.05) is 6.07 Å². The van der Waals surface area contributed by atoms with Crippen molar-refractivity contribution in [1.82, 2.24) is 0 Å². The summed E-state index contributed by atoms with van der Waals surface area (Å²) in [5, 5.41) is 11.2. The van der Waals surface area contributed by atoms with Crippen LogP contribution in [0.4, 0.5) is 5.69 Å². The van der Waals surface area contributed by atoms with Crippen LogP contribution in [0.15, 0.2) is 18.2 Å². The second-order valence-electron chi connectivity index (χ2n) is 2.77. The van der Waals surface area contributed by atoms with Gasteiger partial charge >= 0.3 is 0 Å². The van der Waals surface area contributed by atoms with E-state index in [1.54, 1.807) is 18.2 Å². The van der Waals surface area contributed by atoms with Gasteiger partial charge in [0.05, 0.1) is 10.7 Å². The summed E-state index contributed by atoms with van der Waals surface area (Å²) >= 11 is 5.87. The number of benzene rings is 1. The molecular formula is C10H9ClN2O2. The number of anilines is 1. The van der Waals surface area contributed by atoms with E-state index in [4.69, 9.17) is 21.6 Å². The second-order valence-corrected chi connectivity index (χ2v) is 3.18. The maximum Gasteiger partial charge on any atom is 0.221 e. The predicted molar refractivity (Wildman–Crippen MR) is 56.9 cm³/mol. The fraction of sp³-hybridized carbons (Fsp3) is 0.200. The largest absolute Gasteiger partial charge is 0.479 e. The summed E-state index contributed by atoms with van der Waals surface area (Å²) in [5.74, 6) is 0.304. The number of hydrogen-bond acceptors (Lipinski definition) is 3. The second kappa shape index (κ2) is 5.23. The van der Waals surface area contributed by atoms with Gasteiger partial charge in [-0.3, -0.25) is 4.79 Å². The molecule has 0 fully saturated rings. The van der Waals surface area contributed by atoms with E-state index in [1.165, 1.54) is 6.92 Å². The van der Waals surface area contributed by atoms with Crippen LogP contribution in [-0.2, 0) is 4.79 Å². The minimum atomic E-state index is -0.192. The molecule has 0 atom stereocenters. The maximum absolute atomic E-state index is 10.8. The molecule has 0 heterocycles. The number of halogens is 1. The number of hydrogen-bond donors (Lipinski definition) is 1. The molecule has 0 aliphatic rings. The van der Waals surface area contributed by atoms with E-state index in [2.05, 4.69) is 5.32 Å². The van der Waals surface area contributed by atoms with Crippen LogP contribution < -0.4 is 10.1 Å². The van der Waals surface area contributed by atoms with Crippen molar-refractivity contribution in [3.8, 4) is 11.8 Å². The SMILES string of the molecule is CC(=O)Nc1ccc(OCC#N)cc1Cl. The quantitative estimate of drug-likeness (QED) is 0.856. The van der Waals surface area contributed by atoms with Crippen molar-refractivity contribution in [3.63, 3.8) is 0 Å². The van der Waals surface area contributed by atoms with E-state index in [0.29, 0.717) is 16.5 Å². The number of amides is 1. The Labute approximate surface area is 92.4 Å². The summed E-state index contributed by atoms with van der Waals surface area (Å²) in [6, 6.07) is 6.65. The monoisotopic (exact) mass is 224 g/mol. The molecule has 1 amide bonds. The summed E-state index contributed by atoms with van der Waals surface area (Å²) in [6.07, 6.45) is 0. The van der Waals surface area contributed by atoms with Gasteiger partial charge in [-0.2, -0.15) is 5.26 Å². The number of rotatable bonds is 3. The smallest absolute Gasteiger partial charge is 0.221 e. The van der Waals surface area contributed by atoms with Gasteiger partial charge in [0.2, 0.25) is 5.91 Å². The van der Waals surface area contributed by atoms with Crippen LogP contribution in [0.25, 0.3) is 0 Å². The van der Waals surface area contributed by atoms with Crippen molar-refractivity contribution in [3.05, 3.63) is 23.2 Å². The summed E-state index contributed by atoms with van der Waals surface area (Å²) in [5.41, 5.74) is 0.522. The fourth-order valence-corrected chi connectivity index (χ4v) is 1.21. The molecule has 0 saturated heterocycles. The molecule has 5 heteroatoms. The van der Waals surface area contributed by atoms with E-state index in [0.717, 1.165) is 0 Å². The molecule has 0 bridgehead atoms. The molecule has 78 valence electrons. The maximum atomic E-state index is 10.8. The van der Waals surface area contributed by atoms with Crippen molar-refractivity contribution in [1.29, 1.82) is 5.26 Å². The van der Waals surface area contributed by atoms with Crippen LogP contribution in [0, 0.1) is 11.3 Å². The van der Waals surface area contributed by atoms with E-state index >= 15 is 0 Å². The van der Waals surface area contributed by atoms with Crippen LogP contribution in [0.3, 0.4) is 0 Å². The van der Waals surface area contributed by atoms with Crippen molar-refractivity contribution in [2.75, 3.05) is 11.9 Å². The van der Waals surface area contributed by atoms with Crippen LogP contribution in [0.5, 0.6) is 5.75 Å². The van der Waals surface area contributed by atoms with Crippen molar-refractivity contribution >= 4 is 23.2 Å². The molecule has 4 nitrogen and oxygen atoms in total. The summed E-state index contributed by atoms with van der Waals surface area (Å²) in [6.45, 7) is 1.37. The highest BCUT2D eigenvalue weighted by atomic mass is 35.5. The Kier molecular flexibility index (Phi) is 3.95. The molecule has 0 aromatic heterocycles. The number of nitrogens with one attached hydrogen (secondary N) is 1. The molecule has 1 aromatic rings. The number of carbonyl (C=O) groups is 1. The Morgan fingerprint density at radius 2 is 2.40 bits per heavy atom. The summed E-state index contributed by atoms with van der Waals surface area (Å²) < 4.78 is 5.04. The molecule has 0 radical (unpaired) electrons. The van der Waals surface area contributed by atoms with Gasteiger partial charge in [0.15, 0.2) is 6.61 Å². The summed E-state index contributed by atoms with van der Waals surface area (Å²) in [4.78, 5) is 10.8. The summed E-state index contributed by atoms with van der Waals surface area (Å²) in [7, 11) is 0. The van der Waals surface area contributed by atoms with Crippen molar-refractivity contribution < 1.29 is 9.53 Å². The minimum Gasteiger partial charge on any atom is -0.479 e. The van der Waals surface area contributed by atoms with Crippen molar-refractivity contribution in [2.24, 2.45) is 0 Å². The highest BCUT2D eigenvalue weighted by Gasteiger charge is 2.03. The number of ether oxygens (including phenoxy) is 1. The van der Waals surface area contributed by atoms with Crippen LogP contribution in [0.2, 0.25) is 5.02 Å². The molecule has 15 heavy (non-hydrogen) atoms. The number of carbonyl (C=O) groups excluding carboxylic acids is 1. The average Bonchev–Trinajstić information content (AvgIpc) is 2.18. The predicted octanol–water partition coefficient (Wildman–Crippen LogP) is 2.20. The first kappa shape index (κ1) is 11.3. The standard InChI is InChI=1S/C10H9ClN2O2/c1-7(14)13-10-3-2-8(6-9(10)11)15-5-4-12/h2-3,6H,5H2,1H3,(H,13,14). The first-order chi connectivity index (χ1) is 7.13. The molecule has 1 rings (SSSR count). The Morgan fingerprint density at radius 3 is 2.93 bits per heavy atom. The lowest BCUT2D eigenvalue weighted by Crippen LogP contribution is -2.06. The van der Waals surface area contributed by atoms with Crippen LogP contribution in [-0.4, -0.2) is 12.5 Å². The molecular weight excluding hydrogens is 216 g/mol. The van der Waals surface area contributed by atoms with Gasteiger partial charge in [-0.05, 0) is 12.1 Å². The van der Waals surface area contributed by atoms with E-state index in [9.17, 15) is 4.79 Å². The molecule has 1 N–H and O–H groups in total. The van der Waals surface area contributed by atoms with Crippen molar-refractivity contribution in [2.45, 2.75) is 6.92 Å². The Balaban J connectivity index is 2.79. The van der Waals surface area contributed by atoms with Gasteiger partial charge in [-0.15, -0.1) is 0 Å². The lowest BCUT2D eigenvalue weighted by Gasteiger charge is -2.07. The minimum absolute atomic E-state index is 0.0319. The third kappa shape index (κ3) is 3.49. The van der Waals surface area contributed by atoms with Gasteiger partial charge in [0.25, 0.3) is 0 Å². The lowest BCUT2D eigenvalue weighted by atomic mass is 10.3. The van der Waals surface area contributed by atoms with Gasteiger partial charge < -0.3 is 10.1 Å². The van der Waals surface area contributed by atoms with Gasteiger partial charge in [0.1, 0.15) is 11.8 Å². The highest BCUT2D eigenvalue weighted by Crippen LogP contribution is 2.26. The first-order valence-electron chi connectivity index (χ1n) is 4.20. The molecule has 0 aliphatic carbocycles. The Hall–Kier alpha value is -1.73. The lowest BCUT2D eigenvalue weighted by molar-refractivity contribution is -0.114. The first-order valence-corrected chi connectivity index (χ1v) is 4.58. The fourth-order valence-electron chi connectivity index (χ4n) is 0.992. The molecule has 0 aliphatic heterocycles. The van der Waals surface area contributed by atoms with Crippen LogP contribution in [0.1, 0.15) is 6.92 Å². The zero-order chi connectivity index (χ0) is 11.3. The van der Waals surface area contributed by atoms with Gasteiger partial charge in [0, 0.05) is 13.0 Å². The van der Waals surface area contributed by atoms with Gasteiger partial charge in [-0.1, -0.05) is 11.6 Å². The molecule has 0 saturated carbocycles. The van der Waals surface area contributed by atoms with E-state index in [-0.39, 0.29) is 12.5 Å². The third-order valence-electron chi connectivity index (χ3n) is 1.55.